The van der Waals surface area contributed by atoms with Crippen LogP contribution < -0.4 is 4.74 Å². The Balaban J connectivity index is 2.21. The van der Waals surface area contributed by atoms with Gasteiger partial charge in [0.15, 0.2) is 0 Å². The number of aliphatic hydroxyl groups excluding tert-OH is 1. The fourth-order valence-corrected chi connectivity index (χ4v) is 2.40. The summed E-state index contributed by atoms with van der Waals surface area (Å²) >= 11 is 0. The average molecular weight is 296 g/mol. The first-order chi connectivity index (χ1) is 10.8. The monoisotopic (exact) mass is 296 g/mol. The zero-order valence-electron chi connectivity index (χ0n) is 12.6. The summed E-state index contributed by atoms with van der Waals surface area (Å²) in [5, 5.41) is 18.9. The fourth-order valence-electron chi connectivity index (χ4n) is 2.40. The summed E-state index contributed by atoms with van der Waals surface area (Å²) in [4.78, 5) is 1.97. The summed E-state index contributed by atoms with van der Waals surface area (Å²) in [6.07, 6.45) is 0. The molecule has 1 N–H and O–H groups in total. The van der Waals surface area contributed by atoms with Crippen LogP contribution in [0.3, 0.4) is 0 Å². The van der Waals surface area contributed by atoms with Gasteiger partial charge in [-0.3, -0.25) is 4.90 Å². The van der Waals surface area contributed by atoms with Crippen LogP contribution in [0.25, 0.3) is 0 Å². The average Bonchev–Trinajstić information content (AvgIpc) is 2.57. The SMILES string of the molecule is COc1ccc(C(C#N)N(CCO)Cc2ccccc2)cc1. The van der Waals surface area contributed by atoms with Crippen molar-refractivity contribution in [3.05, 3.63) is 65.7 Å². The van der Waals surface area contributed by atoms with Crippen molar-refractivity contribution in [2.24, 2.45) is 0 Å². The summed E-state index contributed by atoms with van der Waals surface area (Å²) in [6.45, 7) is 1.08. The quantitative estimate of drug-likeness (QED) is 0.853. The minimum Gasteiger partial charge on any atom is -0.497 e. The number of aliphatic hydroxyl groups is 1. The van der Waals surface area contributed by atoms with Crippen molar-refractivity contribution in [2.75, 3.05) is 20.3 Å². The molecule has 0 aromatic heterocycles. The molecule has 0 saturated heterocycles. The Morgan fingerprint density at radius 3 is 2.36 bits per heavy atom. The predicted octanol–water partition coefficient (Wildman–Crippen LogP) is 2.75. The Kier molecular flexibility index (Phi) is 5.96. The number of methoxy groups -OCH3 is 1. The molecule has 2 aromatic rings. The van der Waals surface area contributed by atoms with E-state index in [0.29, 0.717) is 13.1 Å². The van der Waals surface area contributed by atoms with E-state index in [9.17, 15) is 10.4 Å². The van der Waals surface area contributed by atoms with Crippen LogP contribution in [0.2, 0.25) is 0 Å². The van der Waals surface area contributed by atoms with Crippen LogP contribution >= 0.6 is 0 Å². The first kappa shape index (κ1) is 16.0. The molecule has 0 amide bonds. The van der Waals surface area contributed by atoms with Crippen LogP contribution in [0, 0.1) is 11.3 Å². The van der Waals surface area contributed by atoms with Crippen molar-refractivity contribution in [2.45, 2.75) is 12.6 Å². The fraction of sp³-hybridized carbons (Fsp3) is 0.278. The van der Waals surface area contributed by atoms with Gasteiger partial charge in [-0.05, 0) is 23.3 Å². The molecule has 114 valence electrons. The highest BCUT2D eigenvalue weighted by Crippen LogP contribution is 2.24. The molecule has 1 atom stereocenters. The van der Waals surface area contributed by atoms with Crippen molar-refractivity contribution >= 4 is 0 Å². The lowest BCUT2D eigenvalue weighted by Gasteiger charge is -2.26. The summed E-state index contributed by atoms with van der Waals surface area (Å²) < 4.78 is 5.15. The molecule has 0 aliphatic carbocycles. The molecule has 0 heterocycles. The second kappa shape index (κ2) is 8.18. The van der Waals surface area contributed by atoms with Gasteiger partial charge in [-0.1, -0.05) is 42.5 Å². The molecule has 0 aliphatic heterocycles. The molecule has 0 saturated carbocycles. The molecule has 4 heteroatoms. The number of ether oxygens (including phenoxy) is 1. The van der Waals surface area contributed by atoms with E-state index in [0.717, 1.165) is 16.9 Å². The second-order valence-electron chi connectivity index (χ2n) is 4.98. The zero-order chi connectivity index (χ0) is 15.8. The minimum atomic E-state index is -0.404. The van der Waals surface area contributed by atoms with E-state index < -0.39 is 6.04 Å². The number of hydrogen-bond acceptors (Lipinski definition) is 4. The number of hydrogen-bond donors (Lipinski definition) is 1. The number of rotatable bonds is 7. The highest BCUT2D eigenvalue weighted by molar-refractivity contribution is 5.32. The van der Waals surface area contributed by atoms with Crippen molar-refractivity contribution < 1.29 is 9.84 Å². The van der Waals surface area contributed by atoms with Crippen LogP contribution in [0.4, 0.5) is 0 Å². The predicted molar refractivity (Wildman–Crippen MR) is 85.3 cm³/mol. The Bertz CT molecular complexity index is 605. The molecule has 2 aromatic carbocycles. The van der Waals surface area contributed by atoms with Gasteiger partial charge in [0.25, 0.3) is 0 Å². The van der Waals surface area contributed by atoms with Crippen molar-refractivity contribution in [3.8, 4) is 11.8 Å². The Morgan fingerprint density at radius 1 is 1.14 bits per heavy atom. The molecule has 0 bridgehead atoms. The summed E-state index contributed by atoms with van der Waals surface area (Å²) in [6, 6.07) is 19.4. The first-order valence-corrected chi connectivity index (χ1v) is 7.21. The van der Waals surface area contributed by atoms with Gasteiger partial charge in [-0.15, -0.1) is 0 Å². The number of nitriles is 1. The highest BCUT2D eigenvalue weighted by Gasteiger charge is 2.20. The zero-order valence-corrected chi connectivity index (χ0v) is 12.6. The van der Waals surface area contributed by atoms with E-state index in [1.807, 2.05) is 59.5 Å². The van der Waals surface area contributed by atoms with Crippen LogP contribution in [0.15, 0.2) is 54.6 Å². The van der Waals surface area contributed by atoms with E-state index >= 15 is 0 Å². The molecular formula is C18H20N2O2. The third-order valence-corrected chi connectivity index (χ3v) is 3.53. The molecule has 0 fully saturated rings. The second-order valence-corrected chi connectivity index (χ2v) is 4.98. The van der Waals surface area contributed by atoms with Crippen LogP contribution in [-0.4, -0.2) is 30.3 Å². The Labute approximate surface area is 131 Å². The maximum Gasteiger partial charge on any atom is 0.124 e. The van der Waals surface area contributed by atoms with Crippen molar-refractivity contribution in [1.82, 2.24) is 4.90 Å². The largest absolute Gasteiger partial charge is 0.497 e. The number of benzene rings is 2. The smallest absolute Gasteiger partial charge is 0.124 e. The van der Waals surface area contributed by atoms with Gasteiger partial charge in [0.05, 0.1) is 19.8 Å². The normalized spacial score (nSPS) is 11.9. The minimum absolute atomic E-state index is 0.0150. The first-order valence-electron chi connectivity index (χ1n) is 7.21. The van der Waals surface area contributed by atoms with E-state index in [4.69, 9.17) is 4.74 Å². The molecule has 22 heavy (non-hydrogen) atoms. The molecule has 0 spiro atoms. The lowest BCUT2D eigenvalue weighted by atomic mass is 10.1. The summed E-state index contributed by atoms with van der Waals surface area (Å²) in [7, 11) is 1.62. The Morgan fingerprint density at radius 2 is 1.82 bits per heavy atom. The summed E-state index contributed by atoms with van der Waals surface area (Å²) in [5.74, 6) is 0.761. The maximum atomic E-state index is 9.58. The molecule has 2 rings (SSSR count). The van der Waals surface area contributed by atoms with Gasteiger partial charge in [0, 0.05) is 13.1 Å². The van der Waals surface area contributed by atoms with E-state index in [1.165, 1.54) is 0 Å². The number of nitrogens with zero attached hydrogens (tertiary/aromatic N) is 2. The highest BCUT2D eigenvalue weighted by atomic mass is 16.5. The molecule has 4 nitrogen and oxygen atoms in total. The van der Waals surface area contributed by atoms with Crippen LogP contribution in [0.5, 0.6) is 5.75 Å². The molecular weight excluding hydrogens is 276 g/mol. The topological polar surface area (TPSA) is 56.5 Å². The summed E-state index contributed by atoms with van der Waals surface area (Å²) in [5.41, 5.74) is 2.01. The molecule has 0 radical (unpaired) electrons. The van der Waals surface area contributed by atoms with E-state index in [2.05, 4.69) is 6.07 Å². The van der Waals surface area contributed by atoms with E-state index in [1.54, 1.807) is 7.11 Å². The third-order valence-electron chi connectivity index (χ3n) is 3.53. The lowest BCUT2D eigenvalue weighted by molar-refractivity contribution is 0.167. The Hall–Kier alpha value is -2.35. The van der Waals surface area contributed by atoms with Gasteiger partial charge < -0.3 is 9.84 Å². The third kappa shape index (κ3) is 4.08. The van der Waals surface area contributed by atoms with Crippen molar-refractivity contribution in [1.29, 1.82) is 5.26 Å². The van der Waals surface area contributed by atoms with Gasteiger partial charge in [-0.25, -0.2) is 0 Å². The molecule has 1 unspecified atom stereocenters. The van der Waals surface area contributed by atoms with Crippen molar-refractivity contribution in [3.63, 3.8) is 0 Å². The van der Waals surface area contributed by atoms with Gasteiger partial charge in [0.2, 0.25) is 0 Å². The van der Waals surface area contributed by atoms with Crippen LogP contribution in [0.1, 0.15) is 17.2 Å². The standard InChI is InChI=1S/C18H20N2O2/c1-22-17-9-7-16(8-10-17)18(13-19)20(11-12-21)14-15-5-3-2-4-6-15/h2-10,18,21H,11-12,14H2,1H3. The van der Waals surface area contributed by atoms with E-state index in [-0.39, 0.29) is 6.61 Å². The van der Waals surface area contributed by atoms with Gasteiger partial charge >= 0.3 is 0 Å². The van der Waals surface area contributed by atoms with Crippen LogP contribution in [-0.2, 0) is 6.54 Å². The van der Waals surface area contributed by atoms with Gasteiger partial charge in [-0.2, -0.15) is 5.26 Å². The molecule has 0 aliphatic rings. The van der Waals surface area contributed by atoms with Gasteiger partial charge in [0.1, 0.15) is 11.8 Å². The lowest BCUT2D eigenvalue weighted by Crippen LogP contribution is -2.30. The maximum absolute atomic E-state index is 9.58.